The van der Waals surface area contributed by atoms with Gasteiger partial charge in [0.1, 0.15) is 6.54 Å². The van der Waals surface area contributed by atoms with Crippen molar-refractivity contribution in [2.45, 2.75) is 32.7 Å². The molecule has 37 heavy (non-hydrogen) atoms. The molecule has 0 heterocycles. The first-order chi connectivity index (χ1) is 17.4. The summed E-state index contributed by atoms with van der Waals surface area (Å²) in [5.74, 6) is 0.0392. The van der Waals surface area contributed by atoms with Gasteiger partial charge in [0.05, 0.1) is 26.2 Å². The van der Waals surface area contributed by atoms with Crippen molar-refractivity contribution in [2.24, 2.45) is 0 Å². The van der Waals surface area contributed by atoms with Gasteiger partial charge in [0.2, 0.25) is 0 Å². The monoisotopic (exact) mass is 507 g/mol. The Hall–Kier alpha value is -3.33. The standard InChI is InChI=1S/C34H34ClNO/c1-34(2,3)25-17-15-22(16-18-25)28-19-23-11-7-10-14-27(23)32(33(28)37)31-26-13-9-8-12-24(26)20-30(35)29(31)21-36(4,5)6/h7-20H,21H2,1-6H3. The predicted molar refractivity (Wildman–Crippen MR) is 157 cm³/mol. The van der Waals surface area contributed by atoms with E-state index in [4.69, 9.17) is 11.6 Å². The van der Waals surface area contributed by atoms with E-state index in [1.165, 1.54) is 5.56 Å². The number of hydrogen-bond donors (Lipinski definition) is 0. The molecule has 0 radical (unpaired) electrons. The Balaban J connectivity index is 1.88. The SMILES string of the molecule is CC(C)(C)c1ccc(-c2cc3ccccc3c(-c3c(C[N+](C)(C)C)c(Cl)cc4ccccc34)c2[O-])cc1. The molecule has 5 aromatic carbocycles. The largest absolute Gasteiger partial charge is 0.872 e. The van der Waals surface area contributed by atoms with Crippen LogP contribution in [0.4, 0.5) is 0 Å². The number of halogens is 1. The van der Waals surface area contributed by atoms with Gasteiger partial charge in [-0.05, 0) is 66.9 Å². The lowest BCUT2D eigenvalue weighted by atomic mass is 9.84. The molecule has 5 aromatic rings. The van der Waals surface area contributed by atoms with Gasteiger partial charge < -0.3 is 9.59 Å². The molecule has 0 fully saturated rings. The second kappa shape index (κ2) is 9.20. The van der Waals surface area contributed by atoms with E-state index in [1.54, 1.807) is 0 Å². The van der Waals surface area contributed by atoms with Gasteiger partial charge in [-0.25, -0.2) is 0 Å². The lowest BCUT2D eigenvalue weighted by Gasteiger charge is -2.29. The highest BCUT2D eigenvalue weighted by atomic mass is 35.5. The minimum atomic E-state index is 0.0392. The highest BCUT2D eigenvalue weighted by molar-refractivity contribution is 6.33. The molecular formula is C34H34ClNO. The molecule has 0 atom stereocenters. The first kappa shape index (κ1) is 25.3. The summed E-state index contributed by atoms with van der Waals surface area (Å²) in [6.07, 6.45) is 0. The van der Waals surface area contributed by atoms with Crippen molar-refractivity contribution in [2.75, 3.05) is 21.1 Å². The quantitative estimate of drug-likeness (QED) is 0.223. The van der Waals surface area contributed by atoms with Crippen LogP contribution in [0.3, 0.4) is 0 Å². The lowest BCUT2D eigenvalue weighted by molar-refractivity contribution is -0.883. The topological polar surface area (TPSA) is 23.1 Å². The third-order valence-electron chi connectivity index (χ3n) is 7.05. The van der Waals surface area contributed by atoms with Gasteiger partial charge in [-0.1, -0.05) is 111 Å². The van der Waals surface area contributed by atoms with E-state index < -0.39 is 0 Å². The lowest BCUT2D eigenvalue weighted by Crippen LogP contribution is -2.33. The van der Waals surface area contributed by atoms with Crippen molar-refractivity contribution in [1.29, 1.82) is 0 Å². The van der Waals surface area contributed by atoms with Crippen LogP contribution in [-0.2, 0) is 12.0 Å². The summed E-state index contributed by atoms with van der Waals surface area (Å²) >= 11 is 6.97. The van der Waals surface area contributed by atoms with Crippen LogP contribution in [0.25, 0.3) is 43.8 Å². The van der Waals surface area contributed by atoms with E-state index in [0.29, 0.717) is 16.1 Å². The Morgan fingerprint density at radius 3 is 1.84 bits per heavy atom. The molecule has 0 aromatic heterocycles. The third-order valence-corrected chi connectivity index (χ3v) is 7.39. The fourth-order valence-corrected chi connectivity index (χ4v) is 5.48. The summed E-state index contributed by atoms with van der Waals surface area (Å²) in [5.41, 5.74) is 5.64. The van der Waals surface area contributed by atoms with E-state index in [2.05, 4.69) is 90.4 Å². The van der Waals surface area contributed by atoms with Crippen LogP contribution < -0.4 is 5.11 Å². The number of fused-ring (bicyclic) bond motifs is 2. The summed E-state index contributed by atoms with van der Waals surface area (Å²) < 4.78 is 0.700. The predicted octanol–water partition coefficient (Wildman–Crippen LogP) is 8.56. The maximum Gasteiger partial charge on any atom is 0.106 e. The molecule has 0 bridgehead atoms. The van der Waals surface area contributed by atoms with Crippen LogP contribution in [0.15, 0.2) is 84.9 Å². The number of benzene rings is 5. The van der Waals surface area contributed by atoms with E-state index >= 15 is 0 Å². The molecule has 0 aliphatic carbocycles. The van der Waals surface area contributed by atoms with Crippen molar-refractivity contribution >= 4 is 33.1 Å². The molecule has 0 aliphatic rings. The van der Waals surface area contributed by atoms with Crippen LogP contribution in [0.5, 0.6) is 5.75 Å². The smallest absolute Gasteiger partial charge is 0.106 e. The van der Waals surface area contributed by atoms with Crippen molar-refractivity contribution < 1.29 is 9.59 Å². The number of quaternary nitrogens is 1. The molecule has 0 amide bonds. The Morgan fingerprint density at radius 1 is 0.730 bits per heavy atom. The van der Waals surface area contributed by atoms with Gasteiger partial charge in [0.25, 0.3) is 0 Å². The maximum absolute atomic E-state index is 14.5. The molecule has 0 spiro atoms. The second-order valence-corrected chi connectivity index (χ2v) is 12.5. The number of hydrogen-bond acceptors (Lipinski definition) is 1. The Labute approximate surface area is 225 Å². The zero-order valence-corrected chi connectivity index (χ0v) is 23.3. The molecule has 0 saturated carbocycles. The highest BCUT2D eigenvalue weighted by Crippen LogP contribution is 2.47. The first-order valence-electron chi connectivity index (χ1n) is 12.8. The zero-order valence-electron chi connectivity index (χ0n) is 22.5. The fourth-order valence-electron chi connectivity index (χ4n) is 5.21. The zero-order chi connectivity index (χ0) is 26.5. The Morgan fingerprint density at radius 2 is 1.27 bits per heavy atom. The number of nitrogens with zero attached hydrogens (tertiary/aromatic N) is 1. The summed E-state index contributed by atoms with van der Waals surface area (Å²) in [4.78, 5) is 0. The molecule has 0 N–H and O–H groups in total. The van der Waals surface area contributed by atoms with E-state index in [0.717, 1.165) is 49.4 Å². The normalized spacial score (nSPS) is 12.4. The van der Waals surface area contributed by atoms with Gasteiger partial charge >= 0.3 is 0 Å². The molecule has 0 aliphatic heterocycles. The van der Waals surface area contributed by atoms with Gasteiger partial charge in [-0.3, -0.25) is 0 Å². The van der Waals surface area contributed by atoms with Crippen LogP contribution >= 0.6 is 11.6 Å². The molecule has 5 rings (SSSR count). The molecule has 0 saturated heterocycles. The van der Waals surface area contributed by atoms with Gasteiger partial charge in [0, 0.05) is 5.56 Å². The molecule has 0 unspecified atom stereocenters. The second-order valence-electron chi connectivity index (χ2n) is 12.1. The third kappa shape index (κ3) is 4.84. The molecule has 188 valence electrons. The van der Waals surface area contributed by atoms with Crippen LogP contribution in [0.1, 0.15) is 31.9 Å². The number of rotatable bonds is 4. The molecule has 3 heteroatoms. The van der Waals surface area contributed by atoms with E-state index in [-0.39, 0.29) is 11.2 Å². The minimum absolute atomic E-state index is 0.0392. The summed E-state index contributed by atoms with van der Waals surface area (Å²) in [6, 6.07) is 29.0. The van der Waals surface area contributed by atoms with Crippen molar-refractivity contribution in [3.05, 3.63) is 101 Å². The Bertz CT molecular complexity index is 1620. The summed E-state index contributed by atoms with van der Waals surface area (Å²) in [5, 5.41) is 19.3. The first-order valence-corrected chi connectivity index (χ1v) is 13.2. The summed E-state index contributed by atoms with van der Waals surface area (Å²) in [7, 11) is 6.45. The summed E-state index contributed by atoms with van der Waals surface area (Å²) in [6.45, 7) is 7.31. The van der Waals surface area contributed by atoms with Crippen LogP contribution in [0, 0.1) is 0 Å². The van der Waals surface area contributed by atoms with Crippen molar-refractivity contribution in [3.8, 4) is 28.0 Å². The average molecular weight is 508 g/mol. The van der Waals surface area contributed by atoms with Crippen molar-refractivity contribution in [3.63, 3.8) is 0 Å². The molecule has 2 nitrogen and oxygen atoms in total. The highest BCUT2D eigenvalue weighted by Gasteiger charge is 2.23. The van der Waals surface area contributed by atoms with Gasteiger partial charge in [0.15, 0.2) is 0 Å². The van der Waals surface area contributed by atoms with Crippen molar-refractivity contribution in [1.82, 2.24) is 0 Å². The van der Waals surface area contributed by atoms with Crippen LogP contribution in [-0.4, -0.2) is 25.6 Å². The fraction of sp³-hybridized carbons (Fsp3) is 0.235. The maximum atomic E-state index is 14.5. The minimum Gasteiger partial charge on any atom is -0.872 e. The van der Waals surface area contributed by atoms with Crippen LogP contribution in [0.2, 0.25) is 5.02 Å². The molecular weight excluding hydrogens is 474 g/mol. The van der Waals surface area contributed by atoms with Gasteiger partial charge in [-0.15, -0.1) is 0 Å². The van der Waals surface area contributed by atoms with E-state index in [9.17, 15) is 5.11 Å². The Kier molecular flexibility index (Phi) is 6.30. The van der Waals surface area contributed by atoms with Gasteiger partial charge in [-0.2, -0.15) is 0 Å². The van der Waals surface area contributed by atoms with E-state index in [1.807, 2.05) is 36.4 Å². The average Bonchev–Trinajstić information content (AvgIpc) is 2.84.